The van der Waals surface area contributed by atoms with Gasteiger partial charge in [0.15, 0.2) is 0 Å². The molecule has 0 fully saturated rings. The molecule has 4 nitrogen and oxygen atoms in total. The van der Waals surface area contributed by atoms with E-state index in [9.17, 15) is 4.79 Å². The van der Waals surface area contributed by atoms with Crippen LogP contribution in [0.4, 0.5) is 0 Å². The third kappa shape index (κ3) is 2.91. The molecule has 0 aliphatic rings. The van der Waals surface area contributed by atoms with Gasteiger partial charge in [-0.1, -0.05) is 48.5 Å². The normalized spacial score (nSPS) is 10.4. The van der Waals surface area contributed by atoms with Gasteiger partial charge in [0.05, 0.1) is 12.3 Å². The number of benzene rings is 2. The number of rotatable bonds is 4. The first-order valence-corrected chi connectivity index (χ1v) is 7.16. The molecule has 22 heavy (non-hydrogen) atoms. The predicted molar refractivity (Wildman–Crippen MR) is 85.4 cm³/mol. The summed E-state index contributed by atoms with van der Waals surface area (Å²) in [5, 5.41) is 6.92. The second kappa shape index (κ2) is 6.26. The van der Waals surface area contributed by atoms with E-state index in [2.05, 4.69) is 34.5 Å². The van der Waals surface area contributed by atoms with Gasteiger partial charge in [0.1, 0.15) is 5.69 Å². The van der Waals surface area contributed by atoms with Crippen LogP contribution in [0.3, 0.4) is 0 Å². The van der Waals surface area contributed by atoms with Crippen molar-refractivity contribution in [3.05, 3.63) is 66.4 Å². The molecule has 0 unspecified atom stereocenters. The molecule has 0 aliphatic heterocycles. The van der Waals surface area contributed by atoms with E-state index >= 15 is 0 Å². The van der Waals surface area contributed by atoms with Crippen molar-refractivity contribution < 1.29 is 9.53 Å². The van der Waals surface area contributed by atoms with Crippen LogP contribution in [-0.4, -0.2) is 22.8 Å². The van der Waals surface area contributed by atoms with Crippen LogP contribution in [0, 0.1) is 0 Å². The number of hydrogen-bond donors (Lipinski definition) is 1. The summed E-state index contributed by atoms with van der Waals surface area (Å²) in [6, 6.07) is 19.9. The van der Waals surface area contributed by atoms with Gasteiger partial charge in [-0.15, -0.1) is 0 Å². The third-order valence-corrected chi connectivity index (χ3v) is 3.34. The van der Waals surface area contributed by atoms with Crippen LogP contribution in [0.15, 0.2) is 60.7 Å². The summed E-state index contributed by atoms with van der Waals surface area (Å²) in [7, 11) is 0. The van der Waals surface area contributed by atoms with E-state index < -0.39 is 0 Å². The summed E-state index contributed by atoms with van der Waals surface area (Å²) in [6.45, 7) is 2.12. The number of aromatic amines is 1. The Hall–Kier alpha value is -2.88. The SMILES string of the molecule is CCOC(=O)c1cc(-c2cccc(-c3ccccc3)c2)n[nH]1. The van der Waals surface area contributed by atoms with Gasteiger partial charge < -0.3 is 4.74 Å². The molecule has 0 saturated heterocycles. The Bertz CT molecular complexity index is 779. The highest BCUT2D eigenvalue weighted by Crippen LogP contribution is 2.25. The summed E-state index contributed by atoms with van der Waals surface area (Å²) in [5.74, 6) is -0.388. The zero-order valence-electron chi connectivity index (χ0n) is 12.2. The fraction of sp³-hybridized carbons (Fsp3) is 0.111. The molecule has 110 valence electrons. The topological polar surface area (TPSA) is 55.0 Å². The Morgan fingerprint density at radius 1 is 1.00 bits per heavy atom. The van der Waals surface area contributed by atoms with Crippen LogP contribution >= 0.6 is 0 Å². The lowest BCUT2D eigenvalue weighted by atomic mass is 10.0. The number of nitrogens with one attached hydrogen (secondary N) is 1. The van der Waals surface area contributed by atoms with Crippen LogP contribution < -0.4 is 0 Å². The van der Waals surface area contributed by atoms with E-state index in [0.717, 1.165) is 22.4 Å². The van der Waals surface area contributed by atoms with E-state index in [1.807, 2.05) is 30.3 Å². The molecule has 1 aromatic heterocycles. The molecule has 0 aliphatic carbocycles. The average Bonchev–Trinajstić information content (AvgIpc) is 3.06. The Morgan fingerprint density at radius 2 is 1.73 bits per heavy atom. The minimum atomic E-state index is -0.388. The standard InChI is InChI=1S/C18H16N2O2/c1-2-22-18(21)17-12-16(19-20-17)15-10-6-9-14(11-15)13-7-4-3-5-8-13/h3-12H,2H2,1H3,(H,19,20). The predicted octanol–water partition coefficient (Wildman–Crippen LogP) is 3.92. The lowest BCUT2D eigenvalue weighted by Gasteiger charge is -2.03. The summed E-state index contributed by atoms with van der Waals surface area (Å²) < 4.78 is 4.96. The van der Waals surface area contributed by atoms with Crippen LogP contribution in [-0.2, 0) is 4.74 Å². The molecule has 3 aromatic rings. The fourth-order valence-corrected chi connectivity index (χ4v) is 2.27. The molecule has 0 bridgehead atoms. The van der Waals surface area contributed by atoms with Crippen LogP contribution in [0.2, 0.25) is 0 Å². The Balaban J connectivity index is 1.91. The molecule has 0 radical (unpaired) electrons. The molecular formula is C18H16N2O2. The molecule has 2 aromatic carbocycles. The van der Waals surface area contributed by atoms with Crippen molar-refractivity contribution in [2.75, 3.05) is 6.61 Å². The van der Waals surface area contributed by atoms with Gasteiger partial charge >= 0.3 is 5.97 Å². The number of hydrogen-bond acceptors (Lipinski definition) is 3. The molecule has 3 rings (SSSR count). The minimum Gasteiger partial charge on any atom is -0.461 e. The van der Waals surface area contributed by atoms with Crippen molar-refractivity contribution in [2.45, 2.75) is 6.92 Å². The maximum absolute atomic E-state index is 11.7. The van der Waals surface area contributed by atoms with Gasteiger partial charge in [0.2, 0.25) is 0 Å². The summed E-state index contributed by atoms with van der Waals surface area (Å²) >= 11 is 0. The van der Waals surface area contributed by atoms with Crippen molar-refractivity contribution in [1.29, 1.82) is 0 Å². The highest BCUT2D eigenvalue weighted by molar-refractivity contribution is 5.88. The maximum atomic E-state index is 11.7. The number of carbonyl (C=O) groups is 1. The Kier molecular flexibility index (Phi) is 4.01. The number of esters is 1. The Morgan fingerprint density at radius 3 is 2.50 bits per heavy atom. The van der Waals surface area contributed by atoms with E-state index in [-0.39, 0.29) is 5.97 Å². The largest absolute Gasteiger partial charge is 0.461 e. The monoisotopic (exact) mass is 292 g/mol. The molecule has 1 N–H and O–H groups in total. The third-order valence-electron chi connectivity index (χ3n) is 3.34. The summed E-state index contributed by atoms with van der Waals surface area (Å²) in [5.41, 5.74) is 4.29. The van der Waals surface area contributed by atoms with E-state index in [0.29, 0.717) is 12.3 Å². The molecular weight excluding hydrogens is 276 g/mol. The fourth-order valence-electron chi connectivity index (χ4n) is 2.27. The van der Waals surface area contributed by atoms with Crippen molar-refractivity contribution in [1.82, 2.24) is 10.2 Å². The first kappa shape index (κ1) is 14.1. The molecule has 0 spiro atoms. The zero-order chi connectivity index (χ0) is 15.4. The molecule has 1 heterocycles. The highest BCUT2D eigenvalue weighted by Gasteiger charge is 2.12. The number of nitrogens with zero attached hydrogens (tertiary/aromatic N) is 1. The summed E-state index contributed by atoms with van der Waals surface area (Å²) in [4.78, 5) is 11.7. The van der Waals surface area contributed by atoms with Gasteiger partial charge in [0.25, 0.3) is 0 Å². The van der Waals surface area contributed by atoms with E-state index in [1.54, 1.807) is 13.0 Å². The van der Waals surface area contributed by atoms with Gasteiger partial charge in [-0.25, -0.2) is 4.79 Å². The first-order chi connectivity index (χ1) is 10.8. The van der Waals surface area contributed by atoms with Crippen molar-refractivity contribution in [3.63, 3.8) is 0 Å². The molecule has 0 atom stereocenters. The second-order valence-electron chi connectivity index (χ2n) is 4.83. The maximum Gasteiger partial charge on any atom is 0.356 e. The van der Waals surface area contributed by atoms with Crippen molar-refractivity contribution in [2.24, 2.45) is 0 Å². The molecule has 4 heteroatoms. The van der Waals surface area contributed by atoms with Crippen LogP contribution in [0.5, 0.6) is 0 Å². The van der Waals surface area contributed by atoms with Gasteiger partial charge in [-0.3, -0.25) is 5.10 Å². The first-order valence-electron chi connectivity index (χ1n) is 7.16. The second-order valence-corrected chi connectivity index (χ2v) is 4.83. The van der Waals surface area contributed by atoms with Crippen LogP contribution in [0.25, 0.3) is 22.4 Å². The zero-order valence-corrected chi connectivity index (χ0v) is 12.2. The van der Waals surface area contributed by atoms with Gasteiger partial charge in [-0.05, 0) is 30.2 Å². The lowest BCUT2D eigenvalue weighted by molar-refractivity contribution is 0.0519. The van der Waals surface area contributed by atoms with Gasteiger partial charge in [0, 0.05) is 5.56 Å². The molecule has 0 saturated carbocycles. The number of carbonyl (C=O) groups excluding carboxylic acids is 1. The number of H-pyrrole nitrogens is 1. The Labute approximate surface area is 128 Å². The number of ether oxygens (including phenoxy) is 1. The van der Waals surface area contributed by atoms with E-state index in [4.69, 9.17) is 4.74 Å². The van der Waals surface area contributed by atoms with Gasteiger partial charge in [-0.2, -0.15) is 5.10 Å². The lowest BCUT2D eigenvalue weighted by Crippen LogP contribution is -2.04. The van der Waals surface area contributed by atoms with Crippen molar-refractivity contribution >= 4 is 5.97 Å². The van der Waals surface area contributed by atoms with E-state index in [1.165, 1.54) is 0 Å². The quantitative estimate of drug-likeness (QED) is 0.741. The number of aromatic nitrogens is 2. The molecule has 0 amide bonds. The smallest absolute Gasteiger partial charge is 0.356 e. The van der Waals surface area contributed by atoms with Crippen molar-refractivity contribution in [3.8, 4) is 22.4 Å². The summed E-state index contributed by atoms with van der Waals surface area (Å²) in [6.07, 6.45) is 0. The van der Waals surface area contributed by atoms with Crippen LogP contribution in [0.1, 0.15) is 17.4 Å². The highest BCUT2D eigenvalue weighted by atomic mass is 16.5. The average molecular weight is 292 g/mol. The minimum absolute atomic E-state index is 0.344.